The third kappa shape index (κ3) is 5.00. The van der Waals surface area contributed by atoms with E-state index < -0.39 is 17.7 Å². The number of nitrogens with one attached hydrogen (secondary N) is 1. The monoisotopic (exact) mass is 541 g/mol. The van der Waals surface area contributed by atoms with E-state index in [1.165, 1.54) is 29.4 Å². The number of aromatic nitrogens is 2. The van der Waals surface area contributed by atoms with Gasteiger partial charge in [-0.25, -0.2) is 4.98 Å². The minimum absolute atomic E-state index is 0.150. The summed E-state index contributed by atoms with van der Waals surface area (Å²) >= 11 is 0. The number of piperazine rings is 1. The van der Waals surface area contributed by atoms with E-state index >= 15 is 0 Å². The maximum atomic E-state index is 13.4. The van der Waals surface area contributed by atoms with Crippen molar-refractivity contribution in [1.82, 2.24) is 19.4 Å². The molecule has 1 aromatic heterocycles. The van der Waals surface area contributed by atoms with E-state index in [1.54, 1.807) is 6.07 Å². The van der Waals surface area contributed by atoms with Crippen molar-refractivity contribution in [2.24, 2.45) is 0 Å². The zero-order valence-electron chi connectivity index (χ0n) is 21.6. The van der Waals surface area contributed by atoms with Crippen molar-refractivity contribution in [3.63, 3.8) is 0 Å². The molecule has 0 atom stereocenters. The van der Waals surface area contributed by atoms with Crippen LogP contribution in [0.1, 0.15) is 43.6 Å². The minimum atomic E-state index is -4.95. The minimum Gasteiger partial charge on any atom is -0.404 e. The standard InChI is InChI=1S/C28H30F3N5O3/c1-34-11-13-35(14-12-34)27(9-10-27)26(38)33-23-16-20(6-8-24(23)39-28(29,30)31)36-17-32-22-15-19(18-3-2-4-18)5-7-21(22)25(36)37/h5-8,15-18H,2-4,9-14H2,1H3,(H,33,38). The highest BCUT2D eigenvalue weighted by molar-refractivity contribution is 6.01. The maximum Gasteiger partial charge on any atom is 0.573 e. The van der Waals surface area contributed by atoms with Crippen LogP contribution in [0.25, 0.3) is 16.6 Å². The molecule has 0 unspecified atom stereocenters. The number of nitrogens with zero attached hydrogens (tertiary/aromatic N) is 4. The molecule has 2 saturated carbocycles. The van der Waals surface area contributed by atoms with Gasteiger partial charge in [-0.2, -0.15) is 0 Å². The van der Waals surface area contributed by atoms with E-state index in [2.05, 4.69) is 24.8 Å². The van der Waals surface area contributed by atoms with Crippen LogP contribution < -0.4 is 15.6 Å². The Labute approximate surface area is 223 Å². The average Bonchev–Trinajstić information content (AvgIpc) is 3.66. The Morgan fingerprint density at radius 3 is 2.46 bits per heavy atom. The molecule has 2 heterocycles. The number of benzene rings is 2. The number of rotatable bonds is 6. The summed E-state index contributed by atoms with van der Waals surface area (Å²) in [6.45, 7) is 3.03. The van der Waals surface area contributed by atoms with Gasteiger partial charge >= 0.3 is 6.36 Å². The van der Waals surface area contributed by atoms with Crippen molar-refractivity contribution in [1.29, 1.82) is 0 Å². The lowest BCUT2D eigenvalue weighted by atomic mass is 9.80. The van der Waals surface area contributed by atoms with E-state index in [0.29, 0.717) is 42.8 Å². The highest BCUT2D eigenvalue weighted by Gasteiger charge is 2.55. The highest BCUT2D eigenvalue weighted by atomic mass is 19.4. The Kier molecular flexibility index (Phi) is 6.38. The summed E-state index contributed by atoms with van der Waals surface area (Å²) in [5, 5.41) is 3.10. The molecule has 3 aromatic rings. The SMILES string of the molecule is CN1CCN(C2(C(=O)Nc3cc(-n4cnc5cc(C6CCC6)ccc5c4=O)ccc3OC(F)(F)F)CC2)CC1. The Morgan fingerprint density at radius 2 is 1.82 bits per heavy atom. The second-order valence-electron chi connectivity index (χ2n) is 10.8. The van der Waals surface area contributed by atoms with E-state index in [9.17, 15) is 22.8 Å². The lowest BCUT2D eigenvalue weighted by Crippen LogP contribution is -2.54. The summed E-state index contributed by atoms with van der Waals surface area (Å²) < 4.78 is 45.1. The summed E-state index contributed by atoms with van der Waals surface area (Å²) in [4.78, 5) is 35.5. The van der Waals surface area contributed by atoms with Crippen molar-refractivity contribution < 1.29 is 22.7 Å². The summed E-state index contributed by atoms with van der Waals surface area (Å²) in [7, 11) is 2.01. The molecule has 0 bridgehead atoms. The predicted octanol–water partition coefficient (Wildman–Crippen LogP) is 4.27. The summed E-state index contributed by atoms with van der Waals surface area (Å²) in [6.07, 6.45) is 1.13. The van der Waals surface area contributed by atoms with Crippen molar-refractivity contribution in [2.45, 2.75) is 49.9 Å². The number of halogens is 3. The summed E-state index contributed by atoms with van der Waals surface area (Å²) in [6, 6.07) is 9.43. The fraction of sp³-hybridized carbons (Fsp3) is 0.464. The molecule has 11 heteroatoms. The number of anilines is 1. The van der Waals surface area contributed by atoms with Crippen LogP contribution in [0.15, 0.2) is 47.5 Å². The van der Waals surface area contributed by atoms with Crippen LogP contribution in [0.5, 0.6) is 5.75 Å². The molecule has 6 rings (SSSR count). The lowest BCUT2D eigenvalue weighted by molar-refractivity contribution is -0.274. The van der Waals surface area contributed by atoms with Gasteiger partial charge in [-0.1, -0.05) is 12.5 Å². The molecule has 0 spiro atoms. The number of carbonyl (C=O) groups is 1. The van der Waals surface area contributed by atoms with Crippen LogP contribution in [0.3, 0.4) is 0 Å². The number of carbonyl (C=O) groups excluding carboxylic acids is 1. The van der Waals surface area contributed by atoms with Gasteiger partial charge in [-0.3, -0.25) is 19.1 Å². The second-order valence-corrected chi connectivity index (χ2v) is 10.8. The van der Waals surface area contributed by atoms with Crippen LogP contribution in [0.4, 0.5) is 18.9 Å². The van der Waals surface area contributed by atoms with Crippen LogP contribution in [-0.2, 0) is 4.79 Å². The maximum absolute atomic E-state index is 13.4. The van der Waals surface area contributed by atoms with E-state index in [4.69, 9.17) is 0 Å². The molecule has 2 aliphatic carbocycles. The van der Waals surface area contributed by atoms with Crippen LogP contribution >= 0.6 is 0 Å². The normalized spacial score (nSPS) is 20.0. The van der Waals surface area contributed by atoms with Gasteiger partial charge in [0.1, 0.15) is 11.9 Å². The molecule has 3 aliphatic rings. The number of amides is 1. The molecule has 1 aliphatic heterocycles. The van der Waals surface area contributed by atoms with Gasteiger partial charge in [0.05, 0.1) is 22.3 Å². The quantitative estimate of drug-likeness (QED) is 0.502. The third-order valence-corrected chi connectivity index (χ3v) is 8.33. The molecule has 206 valence electrons. The second kappa shape index (κ2) is 9.63. The zero-order chi connectivity index (χ0) is 27.4. The molecule has 3 fully saturated rings. The Bertz CT molecular complexity index is 1470. The number of likely N-dealkylation sites (N-methyl/N-ethyl adjacent to an activating group) is 1. The van der Waals surface area contributed by atoms with Gasteiger partial charge in [-0.15, -0.1) is 13.2 Å². The molecule has 8 nitrogen and oxygen atoms in total. The number of ether oxygens (including phenoxy) is 1. The molecule has 1 N–H and O–H groups in total. The topological polar surface area (TPSA) is 79.7 Å². The first kappa shape index (κ1) is 25.8. The highest BCUT2D eigenvalue weighted by Crippen LogP contribution is 2.44. The third-order valence-electron chi connectivity index (χ3n) is 8.33. The van der Waals surface area contributed by atoms with Gasteiger partial charge in [0, 0.05) is 26.2 Å². The van der Waals surface area contributed by atoms with Crippen molar-refractivity contribution >= 4 is 22.5 Å². The molecule has 1 amide bonds. The molecular formula is C28H30F3N5O3. The molecular weight excluding hydrogens is 511 g/mol. The fourth-order valence-electron chi connectivity index (χ4n) is 5.58. The first-order chi connectivity index (χ1) is 18.6. The first-order valence-electron chi connectivity index (χ1n) is 13.3. The van der Waals surface area contributed by atoms with Crippen LogP contribution in [0, 0.1) is 0 Å². The van der Waals surface area contributed by atoms with E-state index in [1.807, 2.05) is 19.2 Å². The molecule has 1 saturated heterocycles. The zero-order valence-corrected chi connectivity index (χ0v) is 21.6. The van der Waals surface area contributed by atoms with Gasteiger partial charge in [0.25, 0.3) is 5.56 Å². The Balaban J connectivity index is 1.32. The van der Waals surface area contributed by atoms with Crippen LogP contribution in [0.2, 0.25) is 0 Å². The number of alkyl halides is 3. The fourth-order valence-corrected chi connectivity index (χ4v) is 5.58. The first-order valence-corrected chi connectivity index (χ1v) is 13.3. The van der Waals surface area contributed by atoms with Gasteiger partial charge in [0.15, 0.2) is 5.75 Å². The average molecular weight is 542 g/mol. The smallest absolute Gasteiger partial charge is 0.404 e. The molecule has 0 radical (unpaired) electrons. The van der Waals surface area contributed by atoms with Gasteiger partial charge in [-0.05, 0) is 74.5 Å². The van der Waals surface area contributed by atoms with Crippen LogP contribution in [-0.4, -0.2) is 70.4 Å². The van der Waals surface area contributed by atoms with E-state index in [-0.39, 0.29) is 22.8 Å². The number of fused-ring (bicyclic) bond motifs is 1. The lowest BCUT2D eigenvalue weighted by Gasteiger charge is -2.37. The van der Waals surface area contributed by atoms with Gasteiger partial charge < -0.3 is 15.0 Å². The van der Waals surface area contributed by atoms with Crippen molar-refractivity contribution in [3.8, 4) is 11.4 Å². The molecule has 2 aromatic carbocycles. The predicted molar refractivity (Wildman–Crippen MR) is 140 cm³/mol. The molecule has 39 heavy (non-hydrogen) atoms. The van der Waals surface area contributed by atoms with Gasteiger partial charge in [0.2, 0.25) is 5.91 Å². The van der Waals surface area contributed by atoms with Crippen molar-refractivity contribution in [2.75, 3.05) is 38.5 Å². The van der Waals surface area contributed by atoms with E-state index in [0.717, 1.165) is 37.6 Å². The number of hydrogen-bond donors (Lipinski definition) is 1. The number of hydrogen-bond acceptors (Lipinski definition) is 6. The summed E-state index contributed by atoms with van der Waals surface area (Å²) in [5.74, 6) is -0.420. The van der Waals surface area contributed by atoms with Crippen molar-refractivity contribution in [3.05, 3.63) is 58.6 Å². The summed E-state index contributed by atoms with van der Waals surface area (Å²) in [5.41, 5.74) is 0.763. The Hall–Kier alpha value is -3.44. The largest absolute Gasteiger partial charge is 0.573 e. The Morgan fingerprint density at radius 1 is 1.08 bits per heavy atom.